The van der Waals surface area contributed by atoms with Gasteiger partial charge in [-0.2, -0.15) is 0 Å². The van der Waals surface area contributed by atoms with Crippen LogP contribution in [0.5, 0.6) is 0 Å². The fourth-order valence-electron chi connectivity index (χ4n) is 2.32. The zero-order valence-electron chi connectivity index (χ0n) is 12.1. The van der Waals surface area contributed by atoms with Gasteiger partial charge in [0.25, 0.3) is 5.56 Å². The Hall–Kier alpha value is -2.16. The monoisotopic (exact) mass is 269 g/mol. The fraction of sp³-hybridized carbons (Fsp3) is 0.294. The first-order chi connectivity index (χ1) is 9.58. The number of ketones is 1. The van der Waals surface area contributed by atoms with Crippen LogP contribution < -0.4 is 5.56 Å². The van der Waals surface area contributed by atoms with Gasteiger partial charge < -0.3 is 4.57 Å². The third-order valence-corrected chi connectivity index (χ3v) is 3.53. The van der Waals surface area contributed by atoms with Gasteiger partial charge in [0.2, 0.25) is 0 Å². The van der Waals surface area contributed by atoms with E-state index in [1.807, 2.05) is 25.1 Å². The van der Waals surface area contributed by atoms with Gasteiger partial charge >= 0.3 is 0 Å². The number of carbonyl (C=O) groups excluding carboxylic acids is 1. The second-order valence-electron chi connectivity index (χ2n) is 4.79. The van der Waals surface area contributed by atoms with Crippen molar-refractivity contribution in [2.24, 2.45) is 0 Å². The molecule has 0 fully saturated rings. The summed E-state index contributed by atoms with van der Waals surface area (Å²) in [5.41, 5.74) is 3.15. The molecule has 0 saturated carbocycles. The number of pyridine rings is 1. The molecule has 2 rings (SSSR count). The van der Waals surface area contributed by atoms with E-state index < -0.39 is 0 Å². The molecule has 20 heavy (non-hydrogen) atoms. The third-order valence-electron chi connectivity index (χ3n) is 3.53. The van der Waals surface area contributed by atoms with Gasteiger partial charge in [-0.25, -0.2) is 0 Å². The average molecular weight is 269 g/mol. The standard InChI is InChI=1S/C17H19NO2/c1-4-13-6-8-14(9-7-13)16-11-10-15(12(3)19)17(20)18(16)5-2/h6-11H,4-5H2,1-3H3. The minimum Gasteiger partial charge on any atom is -0.308 e. The van der Waals surface area contributed by atoms with Crippen LogP contribution in [0, 0.1) is 0 Å². The minimum absolute atomic E-state index is 0.190. The van der Waals surface area contributed by atoms with Gasteiger partial charge in [-0.3, -0.25) is 9.59 Å². The van der Waals surface area contributed by atoms with Crippen molar-refractivity contribution in [3.05, 3.63) is 57.9 Å². The maximum absolute atomic E-state index is 12.3. The fourth-order valence-corrected chi connectivity index (χ4v) is 2.32. The molecule has 104 valence electrons. The van der Waals surface area contributed by atoms with Crippen LogP contribution in [0.2, 0.25) is 0 Å². The largest absolute Gasteiger partial charge is 0.308 e. The SMILES string of the molecule is CCc1ccc(-c2ccc(C(C)=O)c(=O)n2CC)cc1. The lowest BCUT2D eigenvalue weighted by molar-refractivity contribution is 0.101. The Morgan fingerprint density at radius 3 is 2.20 bits per heavy atom. The molecule has 3 nitrogen and oxygen atoms in total. The number of aryl methyl sites for hydroxylation is 1. The highest BCUT2D eigenvalue weighted by Gasteiger charge is 2.12. The first-order valence-electron chi connectivity index (χ1n) is 6.92. The van der Waals surface area contributed by atoms with Gasteiger partial charge in [-0.05, 0) is 43.5 Å². The number of Topliss-reactive ketones (excluding diaryl/α,β-unsaturated/α-hetero) is 1. The summed E-state index contributed by atoms with van der Waals surface area (Å²) in [6.45, 7) is 5.99. The van der Waals surface area contributed by atoms with Crippen LogP contribution in [-0.2, 0) is 13.0 Å². The quantitative estimate of drug-likeness (QED) is 0.799. The molecular weight excluding hydrogens is 250 g/mol. The lowest BCUT2D eigenvalue weighted by Crippen LogP contribution is -2.26. The van der Waals surface area contributed by atoms with Gasteiger partial charge in [0.15, 0.2) is 5.78 Å². The van der Waals surface area contributed by atoms with Crippen molar-refractivity contribution < 1.29 is 4.79 Å². The molecule has 1 heterocycles. The van der Waals surface area contributed by atoms with E-state index in [1.165, 1.54) is 12.5 Å². The van der Waals surface area contributed by atoms with E-state index >= 15 is 0 Å². The number of benzene rings is 1. The number of aromatic nitrogens is 1. The van der Waals surface area contributed by atoms with Crippen molar-refractivity contribution in [3.8, 4) is 11.3 Å². The Bertz CT molecular complexity index is 681. The Morgan fingerprint density at radius 2 is 1.70 bits per heavy atom. The molecule has 0 aliphatic rings. The maximum atomic E-state index is 12.3. The molecule has 0 amide bonds. The van der Waals surface area contributed by atoms with Crippen LogP contribution in [-0.4, -0.2) is 10.4 Å². The van der Waals surface area contributed by atoms with Crippen molar-refractivity contribution >= 4 is 5.78 Å². The summed E-state index contributed by atoms with van der Waals surface area (Å²) in [4.78, 5) is 23.8. The van der Waals surface area contributed by atoms with Crippen LogP contribution in [0.15, 0.2) is 41.2 Å². The summed E-state index contributed by atoms with van der Waals surface area (Å²) in [5.74, 6) is -0.190. The minimum atomic E-state index is -0.211. The summed E-state index contributed by atoms with van der Waals surface area (Å²) in [6, 6.07) is 11.7. The molecular formula is C17H19NO2. The lowest BCUT2D eigenvalue weighted by atomic mass is 10.1. The van der Waals surface area contributed by atoms with E-state index in [0.717, 1.165) is 17.7 Å². The van der Waals surface area contributed by atoms with Crippen LogP contribution in [0.3, 0.4) is 0 Å². The number of hydrogen-bond donors (Lipinski definition) is 0. The smallest absolute Gasteiger partial charge is 0.261 e. The molecule has 3 heteroatoms. The number of carbonyl (C=O) groups is 1. The van der Waals surface area contributed by atoms with E-state index in [1.54, 1.807) is 10.6 Å². The highest BCUT2D eigenvalue weighted by Crippen LogP contribution is 2.19. The molecule has 0 unspecified atom stereocenters. The van der Waals surface area contributed by atoms with Gasteiger partial charge in [0, 0.05) is 6.54 Å². The molecule has 0 N–H and O–H groups in total. The highest BCUT2D eigenvalue weighted by molar-refractivity contribution is 5.94. The highest BCUT2D eigenvalue weighted by atomic mass is 16.1. The molecule has 0 aliphatic carbocycles. The predicted octanol–water partition coefficient (Wildman–Crippen LogP) is 3.30. The van der Waals surface area contributed by atoms with E-state index in [-0.39, 0.29) is 16.9 Å². The zero-order chi connectivity index (χ0) is 14.7. The second-order valence-corrected chi connectivity index (χ2v) is 4.79. The van der Waals surface area contributed by atoms with Crippen LogP contribution >= 0.6 is 0 Å². The summed E-state index contributed by atoms with van der Waals surface area (Å²) in [7, 11) is 0. The van der Waals surface area contributed by atoms with Crippen molar-refractivity contribution in [3.63, 3.8) is 0 Å². The molecule has 1 aromatic carbocycles. The van der Waals surface area contributed by atoms with E-state index in [0.29, 0.717) is 6.54 Å². The van der Waals surface area contributed by atoms with E-state index in [2.05, 4.69) is 19.1 Å². The van der Waals surface area contributed by atoms with Crippen molar-refractivity contribution in [1.29, 1.82) is 0 Å². The first kappa shape index (κ1) is 14.3. The molecule has 0 bridgehead atoms. The van der Waals surface area contributed by atoms with Crippen molar-refractivity contribution in [1.82, 2.24) is 4.57 Å². The Kier molecular flexibility index (Phi) is 4.18. The summed E-state index contributed by atoms with van der Waals surface area (Å²) in [5, 5.41) is 0. The van der Waals surface area contributed by atoms with Crippen LogP contribution in [0.1, 0.15) is 36.7 Å². The topological polar surface area (TPSA) is 39.1 Å². The summed E-state index contributed by atoms with van der Waals surface area (Å²) in [6.07, 6.45) is 0.990. The Morgan fingerprint density at radius 1 is 1.05 bits per heavy atom. The lowest BCUT2D eigenvalue weighted by Gasteiger charge is -2.12. The Balaban J connectivity index is 2.59. The van der Waals surface area contributed by atoms with E-state index in [4.69, 9.17) is 0 Å². The molecule has 0 atom stereocenters. The Labute approximate surface area is 118 Å². The second kappa shape index (κ2) is 5.87. The van der Waals surface area contributed by atoms with E-state index in [9.17, 15) is 9.59 Å². The van der Waals surface area contributed by atoms with Crippen LogP contribution in [0.25, 0.3) is 11.3 Å². The van der Waals surface area contributed by atoms with Gasteiger partial charge in [-0.1, -0.05) is 31.2 Å². The molecule has 2 aromatic rings. The number of rotatable bonds is 4. The summed E-state index contributed by atoms with van der Waals surface area (Å²) >= 11 is 0. The normalized spacial score (nSPS) is 10.6. The van der Waals surface area contributed by atoms with Crippen molar-refractivity contribution in [2.45, 2.75) is 33.7 Å². The first-order valence-corrected chi connectivity index (χ1v) is 6.92. The van der Waals surface area contributed by atoms with Gasteiger partial charge in [0.05, 0.1) is 11.3 Å². The molecule has 1 aromatic heterocycles. The molecule has 0 aliphatic heterocycles. The van der Waals surface area contributed by atoms with Gasteiger partial charge in [-0.15, -0.1) is 0 Å². The van der Waals surface area contributed by atoms with Crippen molar-refractivity contribution in [2.75, 3.05) is 0 Å². The molecule has 0 spiro atoms. The molecule has 0 radical (unpaired) electrons. The number of hydrogen-bond acceptors (Lipinski definition) is 2. The predicted molar refractivity (Wildman–Crippen MR) is 81.2 cm³/mol. The zero-order valence-corrected chi connectivity index (χ0v) is 12.1. The average Bonchev–Trinajstić information content (AvgIpc) is 2.46. The number of nitrogens with zero attached hydrogens (tertiary/aromatic N) is 1. The maximum Gasteiger partial charge on any atom is 0.261 e. The summed E-state index contributed by atoms with van der Waals surface area (Å²) < 4.78 is 1.65. The third kappa shape index (κ3) is 2.57. The molecule has 0 saturated heterocycles. The van der Waals surface area contributed by atoms with Gasteiger partial charge in [0.1, 0.15) is 0 Å². The van der Waals surface area contributed by atoms with Crippen LogP contribution in [0.4, 0.5) is 0 Å².